The van der Waals surface area contributed by atoms with Crippen molar-refractivity contribution in [1.29, 1.82) is 0 Å². The van der Waals surface area contributed by atoms with Crippen molar-refractivity contribution in [3.63, 3.8) is 0 Å². The van der Waals surface area contributed by atoms with Gasteiger partial charge in [-0.3, -0.25) is 22.9 Å². The van der Waals surface area contributed by atoms with Crippen LogP contribution < -0.4 is 0 Å². The van der Waals surface area contributed by atoms with E-state index in [1.807, 2.05) is 6.08 Å². The van der Waals surface area contributed by atoms with Crippen molar-refractivity contribution in [2.75, 3.05) is 59.5 Å². The fraction of sp³-hybridized carbons (Fsp3) is 0.772. The summed E-state index contributed by atoms with van der Waals surface area (Å²) in [6.45, 7) is 1.20. The predicted molar refractivity (Wildman–Crippen MR) is 400 cm³/mol. The maximum absolute atomic E-state index is 13.1. The van der Waals surface area contributed by atoms with E-state index in [1.54, 1.807) is 0 Å². The number of carbonyl (C=O) groups excluding carboxylic acids is 4. The van der Waals surface area contributed by atoms with Crippen LogP contribution in [-0.4, -0.2) is 117 Å². The van der Waals surface area contributed by atoms with Gasteiger partial charge < -0.3 is 48.2 Å². The second-order valence-corrected chi connectivity index (χ2v) is 28.7. The fourth-order valence-electron chi connectivity index (χ4n) is 10.4. The predicted octanol–water partition coefficient (Wildman–Crippen LogP) is 21.2. The first-order valence-electron chi connectivity index (χ1n) is 38.7. The molecular weight excluding hydrogens is 1280 g/mol. The maximum atomic E-state index is 13.1. The molecule has 5 atom stereocenters. The Morgan fingerprint density at radius 3 is 0.969 bits per heavy atom. The first-order valence-corrected chi connectivity index (χ1v) is 41.7. The number of allylic oxidation sites excluding steroid dienone is 14. The van der Waals surface area contributed by atoms with Crippen LogP contribution in [0.3, 0.4) is 0 Å². The minimum Gasteiger partial charge on any atom is -0.457 e. The number of phosphoric acid groups is 2. The van der Waals surface area contributed by atoms with E-state index in [2.05, 4.69) is 85.9 Å². The number of hydrogen-bond donors (Lipinski definition) is 3. The van der Waals surface area contributed by atoms with Gasteiger partial charge in [-0.05, 0) is 161 Å². The topological polar surface area (TPSA) is 237 Å². The van der Waals surface area contributed by atoms with Gasteiger partial charge in [-0.25, -0.2) is 9.13 Å². The van der Waals surface area contributed by atoms with Gasteiger partial charge in [0, 0.05) is 45.5 Å². The summed E-state index contributed by atoms with van der Waals surface area (Å²) in [5.41, 5.74) is 0. The van der Waals surface area contributed by atoms with E-state index >= 15 is 0 Å². The molecule has 0 heterocycles. The number of aldehydes is 3. The standard InChI is InChI=1S/C79H140O17P2/c1-2-3-4-5-6-7-8-9-10-11-14-21-28-35-42-49-56-63-79(84)96-78(73-90-68-61-54-47-40-33-25-18-13-12-15-22-29-36-43-50-57-64-80)75-95-98(87,88)93-71-76(83)70-92-97(85,86)94-74-77(91-69-62-55-48-41-34-27-20-17-24-31-38-45-52-59-66-82)72-89-67-60-53-46-39-32-26-19-16-23-30-37-44-51-58-65-81/h6-7,9-10,12,14-17,19-21,35,42,64-66,76-78,83H,2-5,8,11,13,18,22-34,36-41,43-63,67-75H2,1H3,(H,85,86)(H,87,88)/b7-6-,10-9-,15-12-,19-16-,20-17-,21-14-,42-35-/t76-,77+,78+/m0/s1. The molecule has 0 aromatic rings. The van der Waals surface area contributed by atoms with Crippen LogP contribution in [0.15, 0.2) is 85.1 Å². The molecule has 0 aliphatic rings. The van der Waals surface area contributed by atoms with E-state index in [0.717, 1.165) is 237 Å². The summed E-state index contributed by atoms with van der Waals surface area (Å²) in [5, 5.41) is 10.6. The Hall–Kier alpha value is -3.28. The molecule has 0 aromatic heterocycles. The summed E-state index contributed by atoms with van der Waals surface area (Å²) < 4.78 is 70.5. The van der Waals surface area contributed by atoms with Crippen molar-refractivity contribution in [1.82, 2.24) is 0 Å². The van der Waals surface area contributed by atoms with E-state index in [9.17, 15) is 43.2 Å². The van der Waals surface area contributed by atoms with Gasteiger partial charge in [-0.1, -0.05) is 214 Å². The largest absolute Gasteiger partial charge is 0.472 e. The third-order valence-corrected chi connectivity index (χ3v) is 18.2. The first-order chi connectivity index (χ1) is 48.0. The molecule has 3 N–H and O–H groups in total. The average molecular weight is 1420 g/mol. The Kier molecular flexibility index (Phi) is 73.8. The number of rotatable bonds is 79. The number of aliphatic hydroxyl groups excluding tert-OH is 1. The average Bonchev–Trinajstić information content (AvgIpc) is 1.12. The molecule has 19 heteroatoms. The molecule has 0 spiro atoms. The molecule has 0 aromatic carbocycles. The Labute approximate surface area is 595 Å². The molecule has 17 nitrogen and oxygen atoms in total. The lowest BCUT2D eigenvalue weighted by Crippen LogP contribution is -2.29. The van der Waals surface area contributed by atoms with E-state index in [4.69, 9.17) is 37.0 Å². The molecule has 0 saturated carbocycles. The molecule has 0 amide bonds. The highest BCUT2D eigenvalue weighted by Gasteiger charge is 2.29. The van der Waals surface area contributed by atoms with E-state index in [0.29, 0.717) is 51.9 Å². The number of unbranched alkanes of at least 4 members (excludes halogenated alkanes) is 36. The normalized spacial score (nSPS) is 14.5. The quantitative estimate of drug-likeness (QED) is 0.0169. The lowest BCUT2D eigenvalue weighted by Gasteiger charge is -2.21. The van der Waals surface area contributed by atoms with Crippen LogP contribution in [0.5, 0.6) is 0 Å². The van der Waals surface area contributed by atoms with E-state index in [-0.39, 0.29) is 26.2 Å². The Morgan fingerprint density at radius 2 is 0.602 bits per heavy atom. The first kappa shape index (κ1) is 94.7. The summed E-state index contributed by atoms with van der Waals surface area (Å²) in [5.74, 6) is -0.505. The van der Waals surface area contributed by atoms with E-state index in [1.165, 1.54) is 51.4 Å². The number of esters is 1. The molecule has 0 saturated heterocycles. The fourth-order valence-corrected chi connectivity index (χ4v) is 12.0. The number of hydrogen-bond acceptors (Lipinski definition) is 15. The van der Waals surface area contributed by atoms with Crippen molar-refractivity contribution in [2.24, 2.45) is 0 Å². The monoisotopic (exact) mass is 1420 g/mol. The summed E-state index contributed by atoms with van der Waals surface area (Å²) in [4.78, 5) is 65.7. The van der Waals surface area contributed by atoms with Crippen LogP contribution in [0.25, 0.3) is 0 Å². The number of ether oxygens (including phenoxy) is 4. The molecule has 0 radical (unpaired) electrons. The van der Waals surface area contributed by atoms with Gasteiger partial charge in [0.1, 0.15) is 37.2 Å². The SMILES string of the molecule is CCCCC/C=C\C/C=C\C/C=C\C/C=C\CCCC(=O)O[C@H](COCCCCCCCCC/C=C\CCCCCCC=O)COP(=O)(O)OC[C@@H](O)COP(=O)(O)OC[C@@H](COCCCCCCC/C=C\CCCCCCC=O)OCCCCCCC/C=C\CCCCCCC=O. The minimum atomic E-state index is -4.84. The lowest BCUT2D eigenvalue weighted by molar-refractivity contribution is -0.154. The molecule has 2 unspecified atom stereocenters. The molecule has 0 aliphatic carbocycles. The molecule has 0 fully saturated rings. The molecular formula is C79H140O17P2. The number of carbonyl (C=O) groups is 4. The maximum Gasteiger partial charge on any atom is 0.472 e. The van der Waals surface area contributed by atoms with Crippen LogP contribution in [-0.2, 0) is 65.4 Å². The highest BCUT2D eigenvalue weighted by atomic mass is 31.2. The zero-order valence-corrected chi connectivity index (χ0v) is 63.1. The Bertz CT molecular complexity index is 2090. The summed E-state index contributed by atoms with van der Waals surface area (Å²) in [6.07, 6.45) is 78.9. The number of phosphoric ester groups is 2. The van der Waals surface area contributed by atoms with E-state index < -0.39 is 59.7 Å². The third kappa shape index (κ3) is 75.4. The number of aliphatic hydroxyl groups is 1. The molecule has 0 aliphatic heterocycles. The zero-order chi connectivity index (χ0) is 71.3. The summed E-state index contributed by atoms with van der Waals surface area (Å²) in [7, 11) is -9.59. The van der Waals surface area contributed by atoms with Crippen molar-refractivity contribution in [2.45, 2.75) is 333 Å². The molecule has 0 bridgehead atoms. The van der Waals surface area contributed by atoms with Gasteiger partial charge >= 0.3 is 21.6 Å². The van der Waals surface area contributed by atoms with Gasteiger partial charge in [-0.15, -0.1) is 0 Å². The highest BCUT2D eigenvalue weighted by Crippen LogP contribution is 2.45. The van der Waals surface area contributed by atoms with Crippen LogP contribution in [0.1, 0.15) is 315 Å². The van der Waals surface area contributed by atoms with Crippen molar-refractivity contribution >= 4 is 40.5 Å². The Balaban J connectivity index is 5.19. The lowest BCUT2D eigenvalue weighted by atomic mass is 10.1. The van der Waals surface area contributed by atoms with Gasteiger partial charge in [0.05, 0.1) is 39.6 Å². The van der Waals surface area contributed by atoms with Crippen molar-refractivity contribution in [3.05, 3.63) is 85.1 Å². The van der Waals surface area contributed by atoms with Crippen molar-refractivity contribution in [3.8, 4) is 0 Å². The third-order valence-electron chi connectivity index (χ3n) is 16.3. The van der Waals surface area contributed by atoms with Crippen LogP contribution in [0.4, 0.5) is 0 Å². The second-order valence-electron chi connectivity index (χ2n) is 25.8. The summed E-state index contributed by atoms with van der Waals surface area (Å²) in [6, 6.07) is 0. The van der Waals surface area contributed by atoms with Gasteiger partial charge in [0.15, 0.2) is 0 Å². The van der Waals surface area contributed by atoms with Crippen LogP contribution in [0, 0.1) is 0 Å². The smallest absolute Gasteiger partial charge is 0.457 e. The van der Waals surface area contributed by atoms with Crippen molar-refractivity contribution < 1.29 is 80.2 Å². The molecule has 98 heavy (non-hydrogen) atoms. The molecule has 0 rings (SSSR count). The van der Waals surface area contributed by atoms with Crippen LogP contribution in [0.2, 0.25) is 0 Å². The second kappa shape index (κ2) is 76.4. The molecule has 568 valence electrons. The highest BCUT2D eigenvalue weighted by molar-refractivity contribution is 7.47. The Morgan fingerprint density at radius 1 is 0.327 bits per heavy atom. The van der Waals surface area contributed by atoms with Crippen LogP contribution >= 0.6 is 15.6 Å². The summed E-state index contributed by atoms with van der Waals surface area (Å²) >= 11 is 0. The van der Waals surface area contributed by atoms with Gasteiger partial charge in [0.2, 0.25) is 0 Å². The minimum absolute atomic E-state index is 0.0736. The van der Waals surface area contributed by atoms with Gasteiger partial charge in [0.25, 0.3) is 0 Å². The zero-order valence-electron chi connectivity index (χ0n) is 61.3. The van der Waals surface area contributed by atoms with Gasteiger partial charge in [-0.2, -0.15) is 0 Å².